The second kappa shape index (κ2) is 3.80. The molecule has 1 aromatic heterocycles. The Labute approximate surface area is 95.6 Å². The van der Waals surface area contributed by atoms with E-state index in [-0.39, 0.29) is 0 Å². The Morgan fingerprint density at radius 3 is 2.75 bits per heavy atom. The van der Waals surface area contributed by atoms with E-state index in [1.807, 2.05) is 7.05 Å². The van der Waals surface area contributed by atoms with Crippen molar-refractivity contribution < 1.29 is 0 Å². The number of rotatable bonds is 5. The normalized spacial score (nSPS) is 23.1. The SMILES string of the molecule is Cn1nnc(CC2(CNC3CC3)CCC2)n1. The predicted molar refractivity (Wildman–Crippen MR) is 59.8 cm³/mol. The van der Waals surface area contributed by atoms with Gasteiger partial charge in [-0.15, -0.1) is 10.2 Å². The van der Waals surface area contributed by atoms with Crippen LogP contribution in [0.2, 0.25) is 0 Å². The second-order valence-electron chi connectivity index (χ2n) is 5.38. The van der Waals surface area contributed by atoms with E-state index in [9.17, 15) is 0 Å². The number of hydrogen-bond donors (Lipinski definition) is 1. The monoisotopic (exact) mass is 221 g/mol. The first-order valence-electron chi connectivity index (χ1n) is 6.22. The second-order valence-corrected chi connectivity index (χ2v) is 5.38. The van der Waals surface area contributed by atoms with E-state index >= 15 is 0 Å². The standard InChI is InChI=1S/C11H19N5/c1-16-14-10(13-15-16)7-11(5-2-6-11)8-12-9-3-4-9/h9,12H,2-8H2,1H3. The van der Waals surface area contributed by atoms with Gasteiger partial charge in [0.1, 0.15) is 0 Å². The van der Waals surface area contributed by atoms with Crippen molar-refractivity contribution in [2.24, 2.45) is 12.5 Å². The Hall–Kier alpha value is -0.970. The molecule has 0 atom stereocenters. The zero-order valence-corrected chi connectivity index (χ0v) is 9.82. The van der Waals surface area contributed by atoms with E-state index in [4.69, 9.17) is 0 Å². The van der Waals surface area contributed by atoms with Gasteiger partial charge >= 0.3 is 0 Å². The first-order valence-corrected chi connectivity index (χ1v) is 6.22. The molecule has 88 valence electrons. The lowest BCUT2D eigenvalue weighted by Crippen LogP contribution is -2.42. The fraction of sp³-hybridized carbons (Fsp3) is 0.909. The highest BCUT2D eigenvalue weighted by Gasteiger charge is 2.39. The van der Waals surface area contributed by atoms with Crippen molar-refractivity contribution >= 4 is 0 Å². The van der Waals surface area contributed by atoms with Crippen molar-refractivity contribution in [3.8, 4) is 0 Å². The van der Waals surface area contributed by atoms with Crippen molar-refractivity contribution in [2.45, 2.75) is 44.6 Å². The molecule has 0 aliphatic heterocycles. The zero-order chi connectivity index (χ0) is 11.0. The molecular weight excluding hydrogens is 202 g/mol. The molecule has 2 aliphatic rings. The lowest BCUT2D eigenvalue weighted by Gasteiger charge is -2.41. The van der Waals surface area contributed by atoms with Crippen LogP contribution in [-0.2, 0) is 13.5 Å². The molecule has 2 saturated carbocycles. The Morgan fingerprint density at radius 2 is 2.25 bits per heavy atom. The van der Waals surface area contributed by atoms with Gasteiger partial charge in [0, 0.05) is 19.0 Å². The minimum absolute atomic E-state index is 0.422. The first-order chi connectivity index (χ1) is 7.76. The number of aryl methyl sites for hydroxylation is 1. The Kier molecular flexibility index (Phi) is 2.42. The van der Waals surface area contributed by atoms with Crippen molar-refractivity contribution in [3.05, 3.63) is 5.82 Å². The summed E-state index contributed by atoms with van der Waals surface area (Å²) in [6, 6.07) is 0.798. The van der Waals surface area contributed by atoms with Crippen LogP contribution in [0.5, 0.6) is 0 Å². The number of nitrogens with one attached hydrogen (secondary N) is 1. The fourth-order valence-corrected chi connectivity index (χ4v) is 2.47. The summed E-state index contributed by atoms with van der Waals surface area (Å²) in [5.41, 5.74) is 0.422. The number of aromatic nitrogens is 4. The van der Waals surface area contributed by atoms with Crippen LogP contribution < -0.4 is 5.32 Å². The van der Waals surface area contributed by atoms with Gasteiger partial charge in [-0.3, -0.25) is 0 Å². The van der Waals surface area contributed by atoms with Gasteiger partial charge in [0.15, 0.2) is 5.82 Å². The highest BCUT2D eigenvalue weighted by Crippen LogP contribution is 2.43. The molecule has 2 aliphatic carbocycles. The van der Waals surface area contributed by atoms with Crippen LogP contribution in [0.1, 0.15) is 37.9 Å². The average molecular weight is 221 g/mol. The van der Waals surface area contributed by atoms with Crippen molar-refractivity contribution in [2.75, 3.05) is 6.54 Å². The van der Waals surface area contributed by atoms with Gasteiger partial charge in [0.05, 0.1) is 7.05 Å². The quantitative estimate of drug-likeness (QED) is 0.794. The molecule has 0 amide bonds. The smallest absolute Gasteiger partial charge is 0.175 e. The largest absolute Gasteiger partial charge is 0.313 e. The molecule has 2 fully saturated rings. The highest BCUT2D eigenvalue weighted by atomic mass is 15.6. The van der Waals surface area contributed by atoms with Gasteiger partial charge in [0.25, 0.3) is 0 Å². The Bertz CT molecular complexity index is 364. The summed E-state index contributed by atoms with van der Waals surface area (Å²) in [7, 11) is 1.83. The maximum atomic E-state index is 4.29. The lowest BCUT2D eigenvalue weighted by atomic mass is 9.66. The molecular formula is C11H19N5. The Balaban J connectivity index is 1.60. The molecule has 3 rings (SSSR count). The molecule has 1 aromatic rings. The number of nitrogens with zero attached hydrogens (tertiary/aromatic N) is 4. The third kappa shape index (κ3) is 2.09. The van der Waals surface area contributed by atoms with Crippen molar-refractivity contribution in [3.63, 3.8) is 0 Å². The van der Waals surface area contributed by atoms with Crippen molar-refractivity contribution in [1.82, 2.24) is 25.5 Å². The van der Waals surface area contributed by atoms with Crippen LogP contribution >= 0.6 is 0 Å². The van der Waals surface area contributed by atoms with Crippen LogP contribution in [0.15, 0.2) is 0 Å². The molecule has 1 heterocycles. The summed E-state index contributed by atoms with van der Waals surface area (Å²) >= 11 is 0. The van der Waals surface area contributed by atoms with Crippen molar-refractivity contribution in [1.29, 1.82) is 0 Å². The van der Waals surface area contributed by atoms with E-state index in [1.54, 1.807) is 4.80 Å². The topological polar surface area (TPSA) is 55.6 Å². The molecule has 5 nitrogen and oxygen atoms in total. The molecule has 16 heavy (non-hydrogen) atoms. The van der Waals surface area contributed by atoms with Gasteiger partial charge < -0.3 is 5.32 Å². The predicted octanol–water partition coefficient (Wildman–Crippen LogP) is 0.675. The Morgan fingerprint density at radius 1 is 1.44 bits per heavy atom. The molecule has 1 N–H and O–H groups in total. The minimum Gasteiger partial charge on any atom is -0.313 e. The van der Waals surface area contributed by atoms with Crippen LogP contribution in [0.3, 0.4) is 0 Å². The summed E-state index contributed by atoms with van der Waals surface area (Å²) in [6.45, 7) is 1.13. The van der Waals surface area contributed by atoms with Crippen LogP contribution in [0.4, 0.5) is 0 Å². The molecule has 0 unspecified atom stereocenters. The molecule has 0 bridgehead atoms. The summed E-state index contributed by atoms with van der Waals surface area (Å²) in [5, 5.41) is 15.9. The van der Waals surface area contributed by atoms with Gasteiger partial charge in [-0.2, -0.15) is 4.80 Å². The first kappa shape index (κ1) is 10.2. The van der Waals surface area contributed by atoms with E-state index < -0.39 is 0 Å². The number of hydrogen-bond acceptors (Lipinski definition) is 4. The van der Waals surface area contributed by atoms with Crippen LogP contribution in [-0.4, -0.2) is 32.8 Å². The summed E-state index contributed by atoms with van der Waals surface area (Å²) in [5.74, 6) is 0.903. The van der Waals surface area contributed by atoms with Gasteiger partial charge in [-0.05, 0) is 36.3 Å². The van der Waals surface area contributed by atoms with Gasteiger partial charge in [0.2, 0.25) is 0 Å². The van der Waals surface area contributed by atoms with E-state index in [1.165, 1.54) is 32.1 Å². The summed E-state index contributed by atoms with van der Waals surface area (Å²) in [6.07, 6.45) is 7.68. The molecule has 0 spiro atoms. The van der Waals surface area contributed by atoms with Gasteiger partial charge in [-0.25, -0.2) is 0 Å². The zero-order valence-electron chi connectivity index (χ0n) is 9.82. The fourth-order valence-electron chi connectivity index (χ4n) is 2.47. The maximum absolute atomic E-state index is 4.29. The lowest BCUT2D eigenvalue weighted by molar-refractivity contribution is 0.126. The molecule has 0 saturated heterocycles. The summed E-state index contributed by atoms with van der Waals surface area (Å²) in [4.78, 5) is 1.55. The van der Waals surface area contributed by atoms with E-state index in [0.717, 1.165) is 24.8 Å². The molecule has 0 aromatic carbocycles. The van der Waals surface area contributed by atoms with E-state index in [0.29, 0.717) is 5.41 Å². The van der Waals surface area contributed by atoms with Gasteiger partial charge in [-0.1, -0.05) is 6.42 Å². The summed E-state index contributed by atoms with van der Waals surface area (Å²) < 4.78 is 0. The van der Waals surface area contributed by atoms with Crippen LogP contribution in [0.25, 0.3) is 0 Å². The minimum atomic E-state index is 0.422. The molecule has 0 radical (unpaired) electrons. The number of tetrazole rings is 1. The van der Waals surface area contributed by atoms with E-state index in [2.05, 4.69) is 20.7 Å². The average Bonchev–Trinajstić information content (AvgIpc) is 2.95. The van der Waals surface area contributed by atoms with Crippen LogP contribution in [0, 0.1) is 5.41 Å². The maximum Gasteiger partial charge on any atom is 0.175 e. The highest BCUT2D eigenvalue weighted by molar-refractivity contribution is 4.98. The third-order valence-electron chi connectivity index (χ3n) is 3.84. The third-order valence-corrected chi connectivity index (χ3v) is 3.84. The molecule has 5 heteroatoms.